The van der Waals surface area contributed by atoms with Crippen LogP contribution in [0.2, 0.25) is 0 Å². The lowest BCUT2D eigenvalue weighted by molar-refractivity contribution is -0.420. The Morgan fingerprint density at radius 3 is 1.25 bits per heavy atom. The van der Waals surface area contributed by atoms with Gasteiger partial charge in [-0.05, 0) is 6.92 Å². The van der Waals surface area contributed by atoms with Crippen molar-refractivity contribution in [2.24, 2.45) is 0 Å². The summed E-state index contributed by atoms with van der Waals surface area (Å²) in [5, 5.41) is 275. The van der Waals surface area contributed by atoms with Crippen molar-refractivity contribution in [2.45, 2.75) is 304 Å². The lowest BCUT2D eigenvalue weighted by Gasteiger charge is -2.53. The van der Waals surface area contributed by atoms with Gasteiger partial charge in [0, 0.05) is 20.8 Å². The van der Waals surface area contributed by atoms with Crippen LogP contribution in [0.1, 0.15) is 27.7 Å². The van der Waals surface area contributed by atoms with Gasteiger partial charge in [-0.3, -0.25) is 18.9 Å². The highest BCUT2D eigenvalue weighted by Gasteiger charge is 2.62. The van der Waals surface area contributed by atoms with E-state index in [0.717, 1.165) is 27.7 Å². The standard InChI is InChI=1S/C60H99N3O49S/c1-12-26(72)33(79)38(84)55(97-12)112-50-49(111-59-42(88)47(30(76)18(7-66)101-59)109-58-40(86)35(81)36(82)48(110-58)51(89)90)44(106-57-41(87)37(83)43(19(8-67)102-57)105-54-25(63-15(4)71)46(29(75)17(6-65)99-54)107-56-39(85)34(80)27(73)16(5-64)100-56)20(9-68)103-60(50)108-45-24(62-14(3)70)52(91)98-21(31(45)77)10-95-53-23(61-13(2)69)32(78)28(74)22(104-53)11-96-113(92,93)94/h12,16-50,52-60,64-68,72-88,91H,5-11H2,1-4H3,(H,61,69)(H,62,70)(H,63,71)(H,89,90)(H,92,93,94)/t12-,16+,17+,18+,19+,20+,21+,22+,23+,24+,25+,26+,27-,28+,29-,30-,31-,32+,33+,34-,35-,36-,37+,38-,39+,40+,41+,42+,43-,44-,45+,46+,47-,48-,49-,50+,52-,53+,54+,55-,56-,57-,58+,59-,60-/m0/s1. The summed E-state index contributed by atoms with van der Waals surface area (Å²) in [5.41, 5.74) is 0. The summed E-state index contributed by atoms with van der Waals surface area (Å²) >= 11 is 0. The normalized spacial score (nSPS) is 48.8. The number of carboxylic acid groups (broad SMARTS) is 1. The maximum absolute atomic E-state index is 13.1. The van der Waals surface area contributed by atoms with Gasteiger partial charge >= 0.3 is 16.4 Å². The Morgan fingerprint density at radius 1 is 0.319 bits per heavy atom. The molecule has 9 fully saturated rings. The Balaban J connectivity index is 1.11. The molecule has 9 rings (SSSR count). The highest BCUT2D eigenvalue weighted by atomic mass is 32.3. The summed E-state index contributed by atoms with van der Waals surface area (Å²) in [6.45, 7) is -4.54. The topological polar surface area (TPSA) is 810 Å². The monoisotopic (exact) mass is 1680 g/mol. The van der Waals surface area contributed by atoms with Gasteiger partial charge in [-0.15, -0.1) is 0 Å². The van der Waals surface area contributed by atoms with Crippen LogP contribution in [-0.2, 0) is 114 Å². The number of ether oxygens (including phenoxy) is 17. The Kier molecular flexibility index (Phi) is 32.6. The molecule has 0 bridgehead atoms. The average Bonchev–Trinajstić information content (AvgIpc) is 0.756. The molecule has 53 heteroatoms. The van der Waals surface area contributed by atoms with E-state index in [1.807, 2.05) is 0 Å². The number of amides is 3. The smallest absolute Gasteiger partial charge is 0.397 e. The number of rotatable bonds is 29. The van der Waals surface area contributed by atoms with E-state index < -0.39 is 357 Å². The lowest BCUT2D eigenvalue weighted by Crippen LogP contribution is -2.71. The SMILES string of the molecule is CC(=O)N[C@@H]1[C@@H](O[C@@H]2O[C@H](CO)[C@H](O[C@@H]3O[C@H](CO)[C@H](O[C@H]4O[C@H](CO)[C@H](O)[C@H](O[C@@H]5O[C@H](CO)[C@H](O)[C@H](O)[C@H]5O)[C@H]4NC(C)=O)[C@H](O)[C@H]3O)[C@H](O[C@@H]3O[C@H](CO)[C@H](O)[C@H](O[C@@H]4O[C@H](C(=O)O)[C@@H](O)[C@H](O)[C@H]4O)[C@H]3O)[C@H]2O[C@@H]2O[C@@H](C)[C@@H](O)[C@@H](O)[C@@H]2O)[C@@H](O)[C@@H](CO[C@@H]2O[C@H](COS(=O)(=O)O)[C@@H](O)[C@H](O)[C@H]2NC(C)=O)O[C@@H]1O. The quantitative estimate of drug-likeness (QED) is 0.0309. The van der Waals surface area contributed by atoms with Crippen LogP contribution < -0.4 is 16.0 Å². The third-order valence-electron chi connectivity index (χ3n) is 20.1. The molecule has 0 radical (unpaired) electrons. The first-order valence-corrected chi connectivity index (χ1v) is 36.5. The van der Waals surface area contributed by atoms with Crippen molar-refractivity contribution in [3.63, 3.8) is 0 Å². The molecule has 0 aromatic carbocycles. The summed E-state index contributed by atoms with van der Waals surface area (Å²) in [7, 11) is -5.25. The molecular formula is C60H99N3O49S. The van der Waals surface area contributed by atoms with Gasteiger partial charge < -0.3 is 219 Å². The molecule has 0 aromatic heterocycles. The van der Waals surface area contributed by atoms with Crippen LogP contribution in [0, 0.1) is 0 Å². The molecule has 28 N–H and O–H groups in total. The summed E-state index contributed by atoms with van der Waals surface area (Å²) in [6.07, 6.45) is -93.9. The van der Waals surface area contributed by atoms with Gasteiger partial charge in [0.05, 0.1) is 52.4 Å². The van der Waals surface area contributed by atoms with Crippen molar-refractivity contribution in [3.8, 4) is 0 Å². The molecular weight excluding hydrogens is 1580 g/mol. The number of carboxylic acids is 1. The number of aliphatic hydroxyl groups is 23. The molecule has 0 aromatic rings. The zero-order valence-electron chi connectivity index (χ0n) is 59.8. The number of nitrogens with one attached hydrogen (secondary N) is 3. The number of hydrogen-bond acceptors (Lipinski definition) is 47. The zero-order chi connectivity index (χ0) is 83.6. The fraction of sp³-hybridized carbons (Fsp3) is 0.933. The van der Waals surface area contributed by atoms with Gasteiger partial charge in [0.15, 0.2) is 62.7 Å². The molecule has 0 saturated carbocycles. The van der Waals surface area contributed by atoms with Gasteiger partial charge in [0.1, 0.15) is 207 Å². The van der Waals surface area contributed by atoms with E-state index >= 15 is 0 Å². The molecule has 113 heavy (non-hydrogen) atoms. The van der Waals surface area contributed by atoms with Crippen molar-refractivity contribution >= 4 is 34.1 Å². The van der Waals surface area contributed by atoms with E-state index in [-0.39, 0.29) is 0 Å². The molecule has 45 atom stereocenters. The van der Waals surface area contributed by atoms with Crippen molar-refractivity contribution in [1.82, 2.24) is 16.0 Å². The predicted octanol–water partition coefficient (Wildman–Crippen LogP) is -19.2. The average molecular weight is 1680 g/mol. The lowest BCUT2D eigenvalue weighted by atomic mass is 9.93. The van der Waals surface area contributed by atoms with Crippen LogP contribution >= 0.6 is 0 Å². The molecule has 9 aliphatic heterocycles. The zero-order valence-corrected chi connectivity index (χ0v) is 60.6. The summed E-state index contributed by atoms with van der Waals surface area (Å²) in [6, 6.07) is -5.74. The summed E-state index contributed by atoms with van der Waals surface area (Å²) in [4.78, 5) is 50.6. The minimum atomic E-state index is -5.25. The minimum Gasteiger partial charge on any atom is -0.479 e. The summed E-state index contributed by atoms with van der Waals surface area (Å²) < 4.78 is 138. The predicted molar refractivity (Wildman–Crippen MR) is 341 cm³/mol. The minimum absolute atomic E-state index is 0.884. The molecule has 0 aliphatic carbocycles. The molecule has 9 saturated heterocycles. The third kappa shape index (κ3) is 21.0. The molecule has 654 valence electrons. The van der Waals surface area contributed by atoms with E-state index in [4.69, 9.17) is 80.5 Å². The van der Waals surface area contributed by atoms with Crippen LogP contribution in [0.5, 0.6) is 0 Å². The van der Waals surface area contributed by atoms with Crippen LogP contribution in [0.25, 0.3) is 0 Å². The molecule has 0 unspecified atom stereocenters. The Morgan fingerprint density at radius 2 is 0.690 bits per heavy atom. The van der Waals surface area contributed by atoms with Crippen LogP contribution in [0.4, 0.5) is 0 Å². The van der Waals surface area contributed by atoms with Crippen molar-refractivity contribution in [2.75, 3.05) is 46.2 Å². The number of carbonyl (C=O) groups is 4. The first-order chi connectivity index (χ1) is 53.1. The Hall–Kier alpha value is -3.85. The first-order valence-electron chi connectivity index (χ1n) is 35.1. The number of aliphatic carboxylic acids is 1. The molecule has 9 heterocycles. The van der Waals surface area contributed by atoms with E-state index in [1.165, 1.54) is 0 Å². The van der Waals surface area contributed by atoms with Crippen molar-refractivity contribution in [1.29, 1.82) is 0 Å². The molecule has 9 aliphatic rings. The van der Waals surface area contributed by atoms with E-state index in [2.05, 4.69) is 20.1 Å². The molecule has 52 nitrogen and oxygen atoms in total. The Labute approximate surface area is 637 Å². The molecule has 3 amide bonds. The highest BCUT2D eigenvalue weighted by Crippen LogP contribution is 2.42. The summed E-state index contributed by atoms with van der Waals surface area (Å²) in [5.74, 6) is -4.82. The van der Waals surface area contributed by atoms with Gasteiger partial charge in [0.25, 0.3) is 0 Å². The maximum Gasteiger partial charge on any atom is 0.397 e. The van der Waals surface area contributed by atoms with Gasteiger partial charge in [-0.25, -0.2) is 8.98 Å². The van der Waals surface area contributed by atoms with Gasteiger partial charge in [0.2, 0.25) is 17.7 Å². The van der Waals surface area contributed by atoms with E-state index in [0.29, 0.717) is 0 Å². The second kappa shape index (κ2) is 39.6. The highest BCUT2D eigenvalue weighted by molar-refractivity contribution is 7.80. The fourth-order valence-corrected chi connectivity index (χ4v) is 14.4. The number of hydrogen-bond donors (Lipinski definition) is 28. The van der Waals surface area contributed by atoms with Crippen LogP contribution in [0.3, 0.4) is 0 Å². The fourth-order valence-electron chi connectivity index (χ4n) is 14.1. The molecule has 0 spiro atoms. The van der Waals surface area contributed by atoms with E-state index in [1.54, 1.807) is 0 Å². The van der Waals surface area contributed by atoms with Crippen LogP contribution in [0.15, 0.2) is 0 Å². The Bertz CT molecular complexity index is 3180. The largest absolute Gasteiger partial charge is 0.479 e. The van der Waals surface area contributed by atoms with Gasteiger partial charge in [-0.1, -0.05) is 0 Å². The first kappa shape index (κ1) is 93.0. The number of aliphatic hydroxyl groups excluding tert-OH is 23. The van der Waals surface area contributed by atoms with E-state index in [9.17, 15) is 155 Å². The van der Waals surface area contributed by atoms with Crippen molar-refractivity contribution in [3.05, 3.63) is 0 Å². The maximum atomic E-state index is 13.1. The third-order valence-corrected chi connectivity index (χ3v) is 20.5. The van der Waals surface area contributed by atoms with Crippen molar-refractivity contribution < 1.29 is 239 Å². The van der Waals surface area contributed by atoms with Crippen LogP contribution in [-0.4, -0.2) is 482 Å². The van der Waals surface area contributed by atoms with Gasteiger partial charge in [-0.2, -0.15) is 8.42 Å². The second-order valence-corrected chi connectivity index (χ2v) is 29.1. The second-order valence-electron chi connectivity index (χ2n) is 28.0. The number of carbonyl (C=O) groups excluding carboxylic acids is 3.